The summed E-state index contributed by atoms with van der Waals surface area (Å²) in [5, 5.41) is 3.50. The molecule has 2 aromatic rings. The quantitative estimate of drug-likeness (QED) is 0.896. The molecule has 1 saturated carbocycles. The molecule has 2 heterocycles. The van der Waals surface area contributed by atoms with Crippen molar-refractivity contribution in [2.75, 3.05) is 0 Å². The summed E-state index contributed by atoms with van der Waals surface area (Å²) in [4.78, 5) is 7.24. The van der Waals surface area contributed by atoms with Gasteiger partial charge in [0.1, 0.15) is 0 Å². The Morgan fingerprint density at radius 3 is 3.00 bits per heavy atom. The molecule has 1 N–H and O–H groups in total. The largest absolute Gasteiger partial charge is 0.329 e. The van der Waals surface area contributed by atoms with E-state index in [0.29, 0.717) is 6.04 Å². The monoisotopic (exact) mass is 261 g/mol. The maximum atomic E-state index is 4.47. The number of nitrogens with one attached hydrogen (secondary N) is 1. The van der Waals surface area contributed by atoms with Gasteiger partial charge >= 0.3 is 0 Å². The van der Waals surface area contributed by atoms with Gasteiger partial charge in [0.25, 0.3) is 0 Å². The maximum Gasteiger partial charge on any atom is 0.0955 e. The molecule has 18 heavy (non-hydrogen) atoms. The molecule has 1 fully saturated rings. The Morgan fingerprint density at radius 1 is 1.50 bits per heavy atom. The minimum Gasteiger partial charge on any atom is -0.329 e. The summed E-state index contributed by atoms with van der Waals surface area (Å²) in [5.74, 6) is 0. The third-order valence-corrected chi connectivity index (χ3v) is 4.60. The van der Waals surface area contributed by atoms with Crippen LogP contribution in [0, 0.1) is 6.92 Å². The van der Waals surface area contributed by atoms with Crippen LogP contribution in [0.2, 0.25) is 0 Å². The summed E-state index contributed by atoms with van der Waals surface area (Å²) < 4.78 is 2.20. The van der Waals surface area contributed by atoms with Gasteiger partial charge in [-0.25, -0.2) is 4.98 Å². The Bertz CT molecular complexity index is 525. The van der Waals surface area contributed by atoms with Gasteiger partial charge in [0.05, 0.1) is 18.1 Å². The van der Waals surface area contributed by atoms with Crippen LogP contribution in [0.3, 0.4) is 0 Å². The summed E-state index contributed by atoms with van der Waals surface area (Å²) in [7, 11) is 0. The van der Waals surface area contributed by atoms with E-state index >= 15 is 0 Å². The lowest BCUT2D eigenvalue weighted by Crippen LogP contribution is -2.15. The Hall–Kier alpha value is -1.13. The molecule has 1 aliphatic carbocycles. The first kappa shape index (κ1) is 11.9. The Morgan fingerprint density at radius 2 is 2.33 bits per heavy atom. The van der Waals surface area contributed by atoms with E-state index in [1.54, 1.807) is 0 Å². The van der Waals surface area contributed by atoms with Gasteiger partial charge in [-0.3, -0.25) is 0 Å². The number of hydrogen-bond donors (Lipinski definition) is 1. The number of aryl methyl sites for hydroxylation is 1. The fourth-order valence-corrected chi connectivity index (χ4v) is 2.98. The van der Waals surface area contributed by atoms with Gasteiger partial charge in [-0.05, 0) is 38.8 Å². The predicted octanol–water partition coefficient (Wildman–Crippen LogP) is 3.11. The van der Waals surface area contributed by atoms with Crippen molar-refractivity contribution in [2.45, 2.75) is 45.3 Å². The van der Waals surface area contributed by atoms with Crippen LogP contribution in [0.15, 0.2) is 24.7 Å². The van der Waals surface area contributed by atoms with E-state index in [1.165, 1.54) is 22.6 Å². The fourth-order valence-electron chi connectivity index (χ4n) is 2.04. The Kier molecular flexibility index (Phi) is 3.22. The molecule has 0 radical (unpaired) electrons. The summed E-state index contributed by atoms with van der Waals surface area (Å²) in [6, 6.07) is 5.52. The van der Waals surface area contributed by atoms with Crippen molar-refractivity contribution in [1.82, 2.24) is 14.9 Å². The summed E-state index contributed by atoms with van der Waals surface area (Å²) in [6.07, 6.45) is 6.76. The lowest BCUT2D eigenvalue weighted by molar-refractivity contribution is 0.644. The summed E-state index contributed by atoms with van der Waals surface area (Å²) in [6.45, 7) is 5.28. The molecular formula is C14H19N3S. The van der Waals surface area contributed by atoms with Crippen LogP contribution in [0.1, 0.15) is 41.3 Å². The van der Waals surface area contributed by atoms with Crippen LogP contribution in [-0.4, -0.2) is 15.6 Å². The van der Waals surface area contributed by atoms with E-state index in [1.807, 2.05) is 17.7 Å². The standard InChI is InChI=1S/C14H19N3S/c1-10-3-6-14(18-10)11(2)17-8-13(16-9-17)7-15-12-4-5-12/h3,6,8-9,11-12,15H,4-5,7H2,1-2H3. The van der Waals surface area contributed by atoms with Gasteiger partial charge < -0.3 is 9.88 Å². The molecule has 1 unspecified atom stereocenters. The first-order valence-corrected chi connectivity index (χ1v) is 7.36. The van der Waals surface area contributed by atoms with Crippen molar-refractivity contribution in [1.29, 1.82) is 0 Å². The third-order valence-electron chi connectivity index (χ3n) is 3.42. The molecule has 4 heteroatoms. The fraction of sp³-hybridized carbons (Fsp3) is 0.500. The van der Waals surface area contributed by atoms with Gasteiger partial charge in [-0.1, -0.05) is 0 Å². The van der Waals surface area contributed by atoms with Crippen LogP contribution in [0.5, 0.6) is 0 Å². The zero-order valence-electron chi connectivity index (χ0n) is 10.9. The number of hydrogen-bond acceptors (Lipinski definition) is 3. The van der Waals surface area contributed by atoms with Crippen LogP contribution >= 0.6 is 11.3 Å². The zero-order chi connectivity index (χ0) is 12.5. The predicted molar refractivity (Wildman–Crippen MR) is 75.0 cm³/mol. The van der Waals surface area contributed by atoms with Gasteiger partial charge in [-0.15, -0.1) is 11.3 Å². The maximum absolute atomic E-state index is 4.47. The molecule has 96 valence electrons. The molecule has 0 amide bonds. The molecule has 0 aromatic carbocycles. The van der Waals surface area contributed by atoms with Crippen molar-refractivity contribution in [2.24, 2.45) is 0 Å². The Balaban J connectivity index is 1.67. The van der Waals surface area contributed by atoms with Crippen LogP contribution in [-0.2, 0) is 6.54 Å². The normalized spacial score (nSPS) is 17.0. The lowest BCUT2D eigenvalue weighted by Gasteiger charge is -2.10. The second kappa shape index (κ2) is 4.86. The highest BCUT2D eigenvalue weighted by Crippen LogP contribution is 2.25. The van der Waals surface area contributed by atoms with Crippen LogP contribution in [0.4, 0.5) is 0 Å². The van der Waals surface area contributed by atoms with Crippen molar-refractivity contribution >= 4 is 11.3 Å². The molecule has 3 rings (SSSR count). The number of aromatic nitrogens is 2. The topological polar surface area (TPSA) is 29.9 Å². The molecule has 1 atom stereocenters. The number of rotatable bonds is 5. The van der Waals surface area contributed by atoms with Crippen LogP contribution < -0.4 is 5.32 Å². The van der Waals surface area contributed by atoms with Gasteiger partial charge in [0.2, 0.25) is 0 Å². The van der Waals surface area contributed by atoms with Crippen LogP contribution in [0.25, 0.3) is 0 Å². The molecular weight excluding hydrogens is 242 g/mol. The lowest BCUT2D eigenvalue weighted by atomic mass is 10.2. The number of nitrogens with zero attached hydrogens (tertiary/aromatic N) is 2. The average molecular weight is 261 g/mol. The first-order valence-electron chi connectivity index (χ1n) is 6.54. The first-order chi connectivity index (χ1) is 8.72. The van der Waals surface area contributed by atoms with E-state index in [4.69, 9.17) is 0 Å². The number of imidazole rings is 1. The molecule has 3 nitrogen and oxygen atoms in total. The summed E-state index contributed by atoms with van der Waals surface area (Å²) in [5.41, 5.74) is 1.14. The molecule has 0 aliphatic heterocycles. The van der Waals surface area contributed by atoms with E-state index < -0.39 is 0 Å². The minimum absolute atomic E-state index is 0.380. The second-order valence-electron chi connectivity index (χ2n) is 5.09. The molecule has 0 bridgehead atoms. The Labute approximate surface area is 112 Å². The van der Waals surface area contributed by atoms with E-state index in [-0.39, 0.29) is 0 Å². The average Bonchev–Trinajstić information content (AvgIpc) is 2.90. The van der Waals surface area contributed by atoms with Crippen molar-refractivity contribution < 1.29 is 0 Å². The smallest absolute Gasteiger partial charge is 0.0955 e. The van der Waals surface area contributed by atoms with Crippen molar-refractivity contribution in [3.05, 3.63) is 40.1 Å². The summed E-state index contributed by atoms with van der Waals surface area (Å²) >= 11 is 1.86. The van der Waals surface area contributed by atoms with Gasteiger partial charge in [0.15, 0.2) is 0 Å². The minimum atomic E-state index is 0.380. The molecule has 0 spiro atoms. The SMILES string of the molecule is Cc1ccc(C(C)n2cnc(CNC3CC3)c2)s1. The second-order valence-corrected chi connectivity index (χ2v) is 6.41. The highest BCUT2D eigenvalue weighted by atomic mass is 32.1. The highest BCUT2D eigenvalue weighted by Gasteiger charge is 2.20. The van der Waals surface area contributed by atoms with E-state index in [0.717, 1.165) is 18.3 Å². The van der Waals surface area contributed by atoms with Crippen molar-refractivity contribution in [3.8, 4) is 0 Å². The molecule has 2 aromatic heterocycles. The van der Waals surface area contributed by atoms with Gasteiger partial charge in [-0.2, -0.15) is 0 Å². The third kappa shape index (κ3) is 2.65. The zero-order valence-corrected chi connectivity index (χ0v) is 11.7. The van der Waals surface area contributed by atoms with E-state index in [2.05, 4.69) is 47.0 Å². The molecule has 0 saturated heterocycles. The van der Waals surface area contributed by atoms with E-state index in [9.17, 15) is 0 Å². The molecule has 1 aliphatic rings. The van der Waals surface area contributed by atoms with Crippen molar-refractivity contribution in [3.63, 3.8) is 0 Å². The highest BCUT2D eigenvalue weighted by molar-refractivity contribution is 7.12. The van der Waals surface area contributed by atoms with Gasteiger partial charge in [0, 0.05) is 28.5 Å². The number of thiophene rings is 1.